The normalized spacial score (nSPS) is 29.8. The van der Waals surface area contributed by atoms with Gasteiger partial charge in [0.1, 0.15) is 0 Å². The molecule has 4 bridgehead atoms. The van der Waals surface area contributed by atoms with Crippen LogP contribution in [-0.4, -0.2) is 28.5 Å². The van der Waals surface area contributed by atoms with Crippen LogP contribution in [0.2, 0.25) is 0 Å². The van der Waals surface area contributed by atoms with Gasteiger partial charge in [0.05, 0.1) is 18.8 Å². The molecule has 6 nitrogen and oxygen atoms in total. The van der Waals surface area contributed by atoms with E-state index >= 15 is 0 Å². The second-order valence-electron chi connectivity index (χ2n) is 15.3. The smallest absolute Gasteiger partial charge is 0.315 e. The molecule has 0 spiro atoms. The van der Waals surface area contributed by atoms with Crippen molar-refractivity contribution in [2.75, 3.05) is 5.75 Å². The lowest BCUT2D eigenvalue weighted by molar-refractivity contribution is -0.268. The molecule has 4 aliphatic carbocycles. The number of hydrogen-bond donors (Lipinski definition) is 3. The number of thioether (sulfide) groups is 1. The quantitative estimate of drug-likeness (QED) is 0.145. The van der Waals surface area contributed by atoms with Crippen molar-refractivity contribution in [3.05, 3.63) is 125 Å². The van der Waals surface area contributed by atoms with E-state index < -0.39 is 6.29 Å². The van der Waals surface area contributed by atoms with Gasteiger partial charge in [-0.3, -0.25) is 0 Å². The van der Waals surface area contributed by atoms with E-state index in [1.165, 1.54) is 24.2 Å². The van der Waals surface area contributed by atoms with Crippen LogP contribution in [0.15, 0.2) is 108 Å². The summed E-state index contributed by atoms with van der Waals surface area (Å²) in [6.07, 6.45) is 6.88. The number of carbonyl (C=O) groups is 1. The molecule has 4 unspecified atom stereocenters. The third-order valence-corrected chi connectivity index (χ3v) is 12.7. The summed E-state index contributed by atoms with van der Waals surface area (Å²) >= 11 is 1.81. The van der Waals surface area contributed by atoms with E-state index in [9.17, 15) is 9.90 Å². The summed E-state index contributed by atoms with van der Waals surface area (Å²) in [4.78, 5) is 14.3. The molecule has 5 aliphatic rings. The van der Waals surface area contributed by atoms with Gasteiger partial charge in [-0.15, -0.1) is 11.8 Å². The molecule has 1 heterocycles. The van der Waals surface area contributed by atoms with Crippen molar-refractivity contribution in [3.63, 3.8) is 0 Å². The topological polar surface area (TPSA) is 79.8 Å². The lowest BCUT2D eigenvalue weighted by Crippen LogP contribution is -2.61. The maximum atomic E-state index is 13.1. The van der Waals surface area contributed by atoms with E-state index in [2.05, 4.69) is 102 Å². The van der Waals surface area contributed by atoms with Crippen LogP contribution in [0.4, 0.5) is 4.79 Å². The second kappa shape index (κ2) is 14.5. The fraction of sp³-hybridized carbons (Fsp3) is 0.419. The minimum Gasteiger partial charge on any atom is -0.392 e. The van der Waals surface area contributed by atoms with E-state index in [1.807, 2.05) is 30.0 Å². The number of urea groups is 1. The highest BCUT2D eigenvalue weighted by molar-refractivity contribution is 7.99. The van der Waals surface area contributed by atoms with E-state index in [1.54, 1.807) is 0 Å². The number of aliphatic hydroxyl groups excluding tert-OH is 1. The van der Waals surface area contributed by atoms with Gasteiger partial charge in [-0.05, 0) is 102 Å². The number of ether oxygens (including phenoxy) is 2. The van der Waals surface area contributed by atoms with E-state index in [4.69, 9.17) is 9.47 Å². The van der Waals surface area contributed by atoms with Gasteiger partial charge in [0.25, 0.3) is 0 Å². The molecule has 4 saturated carbocycles. The molecule has 2 amide bonds. The van der Waals surface area contributed by atoms with Crippen molar-refractivity contribution >= 4 is 17.8 Å². The standard InChI is InChI=1S/C43H48N2O4S/c1-28-39(27-50-38-8-3-2-4-9-38)48-41(49-40(28)35-12-10-29(26-46)11-13-35)36-16-14-34(15-17-36)37-7-5-6-30(21-37)25-44-42(47)45-43-22-31-18-32(23-43)20-33(19-31)24-43/h2-17,21,28,31-33,39-41,46H,18-20,22-27H2,1H3,(H2,44,45,47). The Morgan fingerprint density at radius 1 is 0.780 bits per heavy atom. The zero-order chi connectivity index (χ0) is 34.1. The molecule has 3 N–H and O–H groups in total. The molecule has 4 aromatic carbocycles. The molecule has 1 saturated heterocycles. The largest absolute Gasteiger partial charge is 0.392 e. The molecule has 4 aromatic rings. The maximum absolute atomic E-state index is 13.1. The van der Waals surface area contributed by atoms with Gasteiger partial charge in [-0.1, -0.05) is 91.9 Å². The molecule has 1 aliphatic heterocycles. The second-order valence-corrected chi connectivity index (χ2v) is 16.4. The number of hydrogen-bond acceptors (Lipinski definition) is 5. The highest BCUT2D eigenvalue weighted by Crippen LogP contribution is 2.55. The monoisotopic (exact) mass is 688 g/mol. The van der Waals surface area contributed by atoms with Crippen molar-refractivity contribution in [1.82, 2.24) is 10.6 Å². The van der Waals surface area contributed by atoms with E-state index in [-0.39, 0.29) is 36.3 Å². The number of benzene rings is 4. The molecule has 5 fully saturated rings. The van der Waals surface area contributed by atoms with Gasteiger partial charge in [0.2, 0.25) is 0 Å². The highest BCUT2D eigenvalue weighted by Gasteiger charge is 2.51. The Hall–Kier alpha value is -3.62. The summed E-state index contributed by atoms with van der Waals surface area (Å²) < 4.78 is 13.4. The van der Waals surface area contributed by atoms with E-state index in [0.717, 1.165) is 76.1 Å². The number of amides is 2. The predicted octanol–water partition coefficient (Wildman–Crippen LogP) is 9.20. The third-order valence-electron chi connectivity index (χ3n) is 11.6. The Kier molecular flexibility index (Phi) is 9.75. The van der Waals surface area contributed by atoms with Gasteiger partial charge in [0, 0.05) is 34.2 Å². The summed E-state index contributed by atoms with van der Waals surface area (Å²) in [5.41, 5.74) is 6.25. The molecule has 0 radical (unpaired) electrons. The Labute approximate surface area is 300 Å². The molecular weight excluding hydrogens is 641 g/mol. The van der Waals surface area contributed by atoms with Crippen molar-refractivity contribution in [2.45, 2.75) is 87.5 Å². The van der Waals surface area contributed by atoms with Crippen LogP contribution in [0.3, 0.4) is 0 Å². The molecule has 260 valence electrons. The van der Waals surface area contributed by atoms with Gasteiger partial charge in [0.15, 0.2) is 6.29 Å². The van der Waals surface area contributed by atoms with Gasteiger partial charge in [-0.2, -0.15) is 0 Å². The molecule has 50 heavy (non-hydrogen) atoms. The Bertz CT molecular complexity index is 1730. The van der Waals surface area contributed by atoms with Crippen LogP contribution in [0.25, 0.3) is 11.1 Å². The van der Waals surface area contributed by atoms with Gasteiger partial charge in [-0.25, -0.2) is 4.79 Å². The summed E-state index contributed by atoms with van der Waals surface area (Å²) in [7, 11) is 0. The molecule has 9 rings (SSSR count). The lowest BCUT2D eigenvalue weighted by atomic mass is 9.53. The maximum Gasteiger partial charge on any atom is 0.315 e. The molecule has 0 aromatic heterocycles. The number of nitrogens with one attached hydrogen (secondary N) is 2. The number of aliphatic hydroxyl groups is 1. The van der Waals surface area contributed by atoms with Crippen molar-refractivity contribution in [3.8, 4) is 11.1 Å². The van der Waals surface area contributed by atoms with Gasteiger partial charge >= 0.3 is 6.03 Å². The van der Waals surface area contributed by atoms with E-state index in [0.29, 0.717) is 6.54 Å². The first-order valence-electron chi connectivity index (χ1n) is 18.4. The third kappa shape index (κ3) is 7.38. The first-order valence-corrected chi connectivity index (χ1v) is 19.3. The first kappa shape index (κ1) is 33.5. The molecule has 7 heteroatoms. The number of rotatable bonds is 10. The molecular formula is C43H48N2O4S. The molecule has 4 atom stereocenters. The van der Waals surface area contributed by atoms with Crippen molar-refractivity contribution < 1.29 is 19.4 Å². The average molecular weight is 689 g/mol. The predicted molar refractivity (Wildman–Crippen MR) is 198 cm³/mol. The van der Waals surface area contributed by atoms with Gasteiger partial charge < -0.3 is 25.2 Å². The number of carbonyl (C=O) groups excluding carboxylic acids is 1. The Morgan fingerprint density at radius 2 is 1.46 bits per heavy atom. The van der Waals surface area contributed by atoms with Crippen LogP contribution >= 0.6 is 11.8 Å². The van der Waals surface area contributed by atoms with Crippen LogP contribution in [0.1, 0.15) is 80.1 Å². The minimum absolute atomic E-state index is 0.0114. The highest BCUT2D eigenvalue weighted by atomic mass is 32.2. The SMILES string of the molecule is CC1C(CSc2ccccc2)OC(c2ccc(-c3cccc(CNC(=O)NC45CC6CC(CC(C6)C4)C5)c3)cc2)OC1c1ccc(CO)cc1. The summed E-state index contributed by atoms with van der Waals surface area (Å²) in [5.74, 6) is 3.35. The van der Waals surface area contributed by atoms with Crippen LogP contribution in [0, 0.1) is 23.7 Å². The summed E-state index contributed by atoms with van der Waals surface area (Å²) in [6.45, 7) is 2.72. The Balaban J connectivity index is 0.934. The van der Waals surface area contributed by atoms with Crippen molar-refractivity contribution in [2.24, 2.45) is 23.7 Å². The lowest BCUT2D eigenvalue weighted by Gasteiger charge is -2.56. The zero-order valence-electron chi connectivity index (χ0n) is 28.8. The summed E-state index contributed by atoms with van der Waals surface area (Å²) in [6, 6.07) is 35.4. The fourth-order valence-corrected chi connectivity index (χ4v) is 10.5. The van der Waals surface area contributed by atoms with Crippen LogP contribution in [-0.2, 0) is 22.6 Å². The van der Waals surface area contributed by atoms with Crippen molar-refractivity contribution in [1.29, 1.82) is 0 Å². The Morgan fingerprint density at radius 3 is 2.14 bits per heavy atom. The average Bonchev–Trinajstić information content (AvgIpc) is 3.13. The fourth-order valence-electron chi connectivity index (χ4n) is 9.43. The minimum atomic E-state index is -0.507. The first-order chi connectivity index (χ1) is 24.4. The van der Waals surface area contributed by atoms with Crippen LogP contribution in [0.5, 0.6) is 0 Å². The zero-order valence-corrected chi connectivity index (χ0v) is 29.6. The summed E-state index contributed by atoms with van der Waals surface area (Å²) in [5, 5.41) is 16.2. The van der Waals surface area contributed by atoms with Crippen LogP contribution < -0.4 is 10.6 Å².